The number of benzene rings is 3. The Bertz CT molecular complexity index is 1130. The zero-order chi connectivity index (χ0) is 24.0. The Morgan fingerprint density at radius 3 is 2.27 bits per heavy atom. The lowest BCUT2D eigenvalue weighted by atomic mass is 9.87. The van der Waals surface area contributed by atoms with E-state index in [1.54, 1.807) is 37.3 Å². The fraction of sp³-hybridized carbons (Fsp3) is 0.269. The van der Waals surface area contributed by atoms with Crippen LogP contribution in [-0.2, 0) is 14.9 Å². The molecule has 0 aliphatic rings. The minimum Gasteiger partial charge on any atom is -0.478 e. The molecule has 0 aliphatic heterocycles. The Hall–Kier alpha value is -3.87. The third-order valence-corrected chi connectivity index (χ3v) is 4.93. The van der Waals surface area contributed by atoms with Crippen molar-refractivity contribution in [3.63, 3.8) is 0 Å². The molecule has 0 radical (unpaired) electrons. The van der Waals surface area contributed by atoms with Gasteiger partial charge < -0.3 is 14.2 Å². The summed E-state index contributed by atoms with van der Waals surface area (Å²) in [4.78, 5) is 22.5. The number of carbonyl (C=O) groups excluding carboxylic acids is 1. The van der Waals surface area contributed by atoms with E-state index in [1.807, 2.05) is 24.3 Å². The van der Waals surface area contributed by atoms with Crippen LogP contribution in [0.2, 0.25) is 0 Å². The van der Waals surface area contributed by atoms with Gasteiger partial charge in [0.1, 0.15) is 5.75 Å². The van der Waals surface area contributed by atoms with Gasteiger partial charge in [-0.15, -0.1) is 0 Å². The lowest BCUT2D eigenvalue weighted by Crippen LogP contribution is -2.14. The number of nitro benzene ring substituents is 1. The smallest absolute Gasteiger partial charge is 0.344 e. The highest BCUT2D eigenvalue weighted by Crippen LogP contribution is 2.37. The Labute approximate surface area is 193 Å². The van der Waals surface area contributed by atoms with Crippen LogP contribution in [0.1, 0.15) is 33.3 Å². The number of carbonyl (C=O) groups is 1. The number of nitro groups is 1. The van der Waals surface area contributed by atoms with Crippen LogP contribution in [0.4, 0.5) is 5.69 Å². The van der Waals surface area contributed by atoms with Gasteiger partial charge in [-0.05, 0) is 53.3 Å². The maximum Gasteiger partial charge on any atom is 0.344 e. The highest BCUT2D eigenvalue weighted by Gasteiger charge is 2.16. The van der Waals surface area contributed by atoms with Crippen LogP contribution in [0, 0.1) is 10.1 Å². The van der Waals surface area contributed by atoms with Gasteiger partial charge in [-0.1, -0.05) is 51.1 Å². The number of hydrogen-bond donors (Lipinski definition) is 0. The summed E-state index contributed by atoms with van der Waals surface area (Å²) >= 11 is 0. The summed E-state index contributed by atoms with van der Waals surface area (Å²) in [6.07, 6.45) is 0. The Kier molecular flexibility index (Phi) is 7.33. The maximum atomic E-state index is 11.8. The second-order valence-corrected chi connectivity index (χ2v) is 8.44. The third-order valence-electron chi connectivity index (χ3n) is 4.93. The summed E-state index contributed by atoms with van der Waals surface area (Å²) in [5, 5.41) is 11.2. The molecule has 3 aromatic carbocycles. The fourth-order valence-electron chi connectivity index (χ4n) is 3.17. The summed E-state index contributed by atoms with van der Waals surface area (Å²) in [7, 11) is 0. The van der Waals surface area contributed by atoms with Crippen molar-refractivity contribution in [2.75, 3.05) is 13.2 Å². The first-order valence-corrected chi connectivity index (χ1v) is 10.6. The molecule has 172 valence electrons. The van der Waals surface area contributed by atoms with Gasteiger partial charge in [0, 0.05) is 12.1 Å². The topological polar surface area (TPSA) is 87.9 Å². The second-order valence-electron chi connectivity index (χ2n) is 8.44. The van der Waals surface area contributed by atoms with Crippen molar-refractivity contribution in [3.05, 3.63) is 82.4 Å². The standard InChI is InChI=1S/C26H27NO6/c1-5-31-25(28)17-32-23-14-9-19(18-7-6-8-21(15-18)27(29)30)16-24(23)33-22-12-10-20(11-13-22)26(2,3)4/h6-16H,5,17H2,1-4H3. The Morgan fingerprint density at radius 1 is 0.939 bits per heavy atom. The molecule has 0 unspecified atom stereocenters. The van der Waals surface area contributed by atoms with Crippen LogP contribution in [0.25, 0.3) is 11.1 Å². The van der Waals surface area contributed by atoms with Crippen molar-refractivity contribution >= 4 is 11.7 Å². The number of esters is 1. The number of non-ortho nitro benzene ring substituents is 1. The molecule has 0 amide bonds. The van der Waals surface area contributed by atoms with Crippen molar-refractivity contribution in [2.45, 2.75) is 33.1 Å². The van der Waals surface area contributed by atoms with Gasteiger partial charge in [0.25, 0.3) is 5.69 Å². The molecule has 0 fully saturated rings. The van der Waals surface area contributed by atoms with E-state index in [2.05, 4.69) is 20.8 Å². The van der Waals surface area contributed by atoms with E-state index in [0.29, 0.717) is 28.4 Å². The summed E-state index contributed by atoms with van der Waals surface area (Å²) < 4.78 is 16.7. The quantitative estimate of drug-likeness (QED) is 0.228. The number of ether oxygens (including phenoxy) is 3. The Balaban J connectivity index is 1.94. The molecular formula is C26H27NO6. The van der Waals surface area contributed by atoms with Gasteiger partial charge in [-0.3, -0.25) is 10.1 Å². The van der Waals surface area contributed by atoms with Crippen LogP contribution in [-0.4, -0.2) is 24.1 Å². The lowest BCUT2D eigenvalue weighted by molar-refractivity contribution is -0.384. The monoisotopic (exact) mass is 449 g/mol. The van der Waals surface area contributed by atoms with Gasteiger partial charge in [0.2, 0.25) is 0 Å². The molecule has 7 heteroatoms. The molecule has 3 rings (SSSR count). The molecule has 0 heterocycles. The van der Waals surface area contributed by atoms with Crippen molar-refractivity contribution < 1.29 is 23.9 Å². The molecule has 0 aromatic heterocycles. The normalized spacial score (nSPS) is 11.0. The van der Waals surface area contributed by atoms with Crippen LogP contribution in [0.3, 0.4) is 0 Å². The third kappa shape index (κ3) is 6.32. The van der Waals surface area contributed by atoms with E-state index in [0.717, 1.165) is 0 Å². The predicted molar refractivity (Wildman–Crippen MR) is 126 cm³/mol. The average molecular weight is 450 g/mol. The number of hydrogen-bond acceptors (Lipinski definition) is 6. The van der Waals surface area contributed by atoms with E-state index in [1.165, 1.54) is 17.7 Å². The SMILES string of the molecule is CCOC(=O)COc1ccc(-c2cccc([N+](=O)[O-])c2)cc1Oc1ccc(C(C)(C)C)cc1. The predicted octanol–water partition coefficient (Wildman–Crippen LogP) is 6.29. The van der Waals surface area contributed by atoms with Gasteiger partial charge in [-0.25, -0.2) is 4.79 Å². The maximum absolute atomic E-state index is 11.8. The molecule has 33 heavy (non-hydrogen) atoms. The van der Waals surface area contributed by atoms with E-state index in [9.17, 15) is 14.9 Å². The molecule has 0 bridgehead atoms. The zero-order valence-corrected chi connectivity index (χ0v) is 19.2. The first-order chi connectivity index (χ1) is 15.7. The molecule has 0 saturated heterocycles. The minimum absolute atomic E-state index is 0.00428. The lowest BCUT2D eigenvalue weighted by Gasteiger charge is -2.19. The van der Waals surface area contributed by atoms with Crippen LogP contribution >= 0.6 is 0 Å². The molecule has 0 saturated carbocycles. The first-order valence-electron chi connectivity index (χ1n) is 10.6. The van der Waals surface area contributed by atoms with Gasteiger partial charge in [0.15, 0.2) is 18.1 Å². The molecule has 3 aromatic rings. The number of nitrogens with zero attached hydrogens (tertiary/aromatic N) is 1. The molecule has 0 N–H and O–H groups in total. The van der Waals surface area contributed by atoms with Crippen molar-refractivity contribution in [1.82, 2.24) is 0 Å². The summed E-state index contributed by atoms with van der Waals surface area (Å²) in [6, 6.07) is 19.3. The summed E-state index contributed by atoms with van der Waals surface area (Å²) in [5.74, 6) is 0.852. The zero-order valence-electron chi connectivity index (χ0n) is 19.2. The Morgan fingerprint density at radius 2 is 1.64 bits per heavy atom. The van der Waals surface area contributed by atoms with Crippen molar-refractivity contribution in [1.29, 1.82) is 0 Å². The average Bonchev–Trinajstić information content (AvgIpc) is 2.78. The second kappa shape index (κ2) is 10.2. The first kappa shape index (κ1) is 23.8. The fourth-order valence-corrected chi connectivity index (χ4v) is 3.17. The van der Waals surface area contributed by atoms with Gasteiger partial charge in [-0.2, -0.15) is 0 Å². The largest absolute Gasteiger partial charge is 0.478 e. The van der Waals surface area contributed by atoms with Crippen LogP contribution in [0.15, 0.2) is 66.7 Å². The summed E-state index contributed by atoms with van der Waals surface area (Å²) in [5.41, 5.74) is 2.54. The highest BCUT2D eigenvalue weighted by molar-refractivity contribution is 5.72. The van der Waals surface area contributed by atoms with Crippen molar-refractivity contribution in [2.24, 2.45) is 0 Å². The molecule has 0 aliphatic carbocycles. The highest BCUT2D eigenvalue weighted by atomic mass is 16.6. The van der Waals surface area contributed by atoms with E-state index in [4.69, 9.17) is 14.2 Å². The molecule has 0 atom stereocenters. The summed E-state index contributed by atoms with van der Waals surface area (Å²) in [6.45, 7) is 8.12. The minimum atomic E-state index is -0.485. The van der Waals surface area contributed by atoms with E-state index < -0.39 is 10.9 Å². The van der Waals surface area contributed by atoms with Gasteiger partial charge in [0.05, 0.1) is 11.5 Å². The van der Waals surface area contributed by atoms with Crippen LogP contribution < -0.4 is 9.47 Å². The van der Waals surface area contributed by atoms with E-state index in [-0.39, 0.29) is 24.3 Å². The van der Waals surface area contributed by atoms with Gasteiger partial charge >= 0.3 is 5.97 Å². The molecule has 0 spiro atoms. The molecular weight excluding hydrogens is 422 g/mol. The van der Waals surface area contributed by atoms with Crippen LogP contribution in [0.5, 0.6) is 17.2 Å². The van der Waals surface area contributed by atoms with E-state index >= 15 is 0 Å². The number of rotatable bonds is 8. The van der Waals surface area contributed by atoms with Crippen molar-refractivity contribution in [3.8, 4) is 28.4 Å². The molecule has 7 nitrogen and oxygen atoms in total.